The van der Waals surface area contributed by atoms with Crippen molar-refractivity contribution >= 4 is 0 Å². The molecule has 13 heavy (non-hydrogen) atoms. The van der Waals surface area contributed by atoms with Crippen LogP contribution < -0.4 is 4.74 Å². The Kier molecular flexibility index (Phi) is 2.88. The highest BCUT2D eigenvalue weighted by atomic mass is 16.5. The van der Waals surface area contributed by atoms with Crippen molar-refractivity contribution in [2.75, 3.05) is 7.11 Å². The summed E-state index contributed by atoms with van der Waals surface area (Å²) < 4.78 is 5.00. The second kappa shape index (κ2) is 3.92. The van der Waals surface area contributed by atoms with Crippen LogP contribution in [0.3, 0.4) is 0 Å². The van der Waals surface area contributed by atoms with Crippen molar-refractivity contribution in [2.24, 2.45) is 0 Å². The maximum atomic E-state index is 9.00. The lowest BCUT2D eigenvalue weighted by Crippen LogP contribution is -1.95. The minimum Gasteiger partial charge on any atom is -0.497 e. The average molecular weight is 177 g/mol. The largest absolute Gasteiger partial charge is 0.497 e. The van der Waals surface area contributed by atoms with Crippen molar-refractivity contribution in [3.63, 3.8) is 0 Å². The lowest BCUT2D eigenvalue weighted by molar-refractivity contribution is 0.280. The molecule has 0 radical (unpaired) electrons. The van der Waals surface area contributed by atoms with E-state index in [1.54, 1.807) is 19.2 Å². The number of aryl methyl sites for hydroxylation is 1. The second-order valence-corrected chi connectivity index (χ2v) is 2.74. The molecular weight excluding hydrogens is 166 g/mol. The standard InChI is InChI=1S/C10H11NO2/c1-7-3-9(13-2)4-8(5-11)10(7)6-12/h3-4,12H,6H2,1-2H3. The molecule has 1 aromatic rings. The van der Waals surface area contributed by atoms with Crippen LogP contribution in [0, 0.1) is 18.3 Å². The summed E-state index contributed by atoms with van der Waals surface area (Å²) in [6, 6.07) is 5.44. The Hall–Kier alpha value is -1.53. The molecule has 0 heterocycles. The monoisotopic (exact) mass is 177 g/mol. The third kappa shape index (κ3) is 1.79. The third-order valence-electron chi connectivity index (χ3n) is 1.96. The van der Waals surface area contributed by atoms with Crippen molar-refractivity contribution < 1.29 is 9.84 Å². The zero-order chi connectivity index (χ0) is 9.84. The molecule has 0 bridgehead atoms. The first-order valence-corrected chi connectivity index (χ1v) is 3.91. The van der Waals surface area contributed by atoms with E-state index in [-0.39, 0.29) is 6.61 Å². The average Bonchev–Trinajstić information content (AvgIpc) is 2.16. The van der Waals surface area contributed by atoms with Gasteiger partial charge >= 0.3 is 0 Å². The zero-order valence-electron chi connectivity index (χ0n) is 7.66. The topological polar surface area (TPSA) is 53.2 Å². The molecule has 3 nitrogen and oxygen atoms in total. The van der Waals surface area contributed by atoms with Crippen LogP contribution in [0.2, 0.25) is 0 Å². The van der Waals surface area contributed by atoms with E-state index in [2.05, 4.69) is 0 Å². The molecule has 0 aliphatic rings. The van der Waals surface area contributed by atoms with Gasteiger partial charge in [-0.25, -0.2) is 0 Å². The van der Waals surface area contributed by atoms with Gasteiger partial charge in [-0.15, -0.1) is 0 Å². The van der Waals surface area contributed by atoms with Crippen LogP contribution in [-0.2, 0) is 6.61 Å². The van der Waals surface area contributed by atoms with Crippen LogP contribution in [0.25, 0.3) is 0 Å². The number of hydrogen-bond acceptors (Lipinski definition) is 3. The number of nitriles is 1. The smallest absolute Gasteiger partial charge is 0.120 e. The van der Waals surface area contributed by atoms with Crippen LogP contribution in [0.15, 0.2) is 12.1 Å². The molecule has 1 rings (SSSR count). The first kappa shape index (κ1) is 9.56. The van der Waals surface area contributed by atoms with Crippen LogP contribution in [0.4, 0.5) is 0 Å². The maximum absolute atomic E-state index is 9.00. The molecular formula is C10H11NO2. The zero-order valence-corrected chi connectivity index (χ0v) is 7.66. The van der Waals surface area contributed by atoms with Crippen molar-refractivity contribution in [1.29, 1.82) is 5.26 Å². The highest BCUT2D eigenvalue weighted by molar-refractivity contribution is 5.47. The number of methoxy groups -OCH3 is 1. The van der Waals surface area contributed by atoms with E-state index in [0.717, 1.165) is 5.56 Å². The molecule has 68 valence electrons. The van der Waals surface area contributed by atoms with Gasteiger partial charge in [-0.05, 0) is 30.2 Å². The Bertz CT molecular complexity index is 353. The molecule has 0 saturated carbocycles. The number of hydrogen-bond donors (Lipinski definition) is 1. The molecule has 0 aliphatic heterocycles. The van der Waals surface area contributed by atoms with E-state index in [9.17, 15) is 0 Å². The highest BCUT2D eigenvalue weighted by Gasteiger charge is 2.06. The molecule has 1 N–H and O–H groups in total. The molecule has 0 aliphatic carbocycles. The van der Waals surface area contributed by atoms with E-state index < -0.39 is 0 Å². The van der Waals surface area contributed by atoms with Gasteiger partial charge in [0, 0.05) is 0 Å². The number of aliphatic hydroxyl groups excluding tert-OH is 1. The van der Waals surface area contributed by atoms with Gasteiger partial charge in [-0.1, -0.05) is 0 Å². The van der Waals surface area contributed by atoms with Gasteiger partial charge < -0.3 is 9.84 Å². The quantitative estimate of drug-likeness (QED) is 0.742. The number of ether oxygens (including phenoxy) is 1. The number of rotatable bonds is 2. The fourth-order valence-electron chi connectivity index (χ4n) is 1.21. The van der Waals surface area contributed by atoms with Gasteiger partial charge in [0.2, 0.25) is 0 Å². The number of benzene rings is 1. The summed E-state index contributed by atoms with van der Waals surface area (Å²) in [6.45, 7) is 1.73. The SMILES string of the molecule is COc1cc(C)c(CO)c(C#N)c1. The summed E-state index contributed by atoms with van der Waals surface area (Å²) in [4.78, 5) is 0. The predicted molar refractivity (Wildman–Crippen MR) is 48.4 cm³/mol. The lowest BCUT2D eigenvalue weighted by Gasteiger charge is -2.07. The minimum atomic E-state index is -0.112. The Morgan fingerprint density at radius 1 is 1.54 bits per heavy atom. The first-order valence-electron chi connectivity index (χ1n) is 3.91. The summed E-state index contributed by atoms with van der Waals surface area (Å²) in [6.07, 6.45) is 0. The molecule has 0 unspecified atom stereocenters. The van der Waals surface area contributed by atoms with Gasteiger partial charge in [-0.3, -0.25) is 0 Å². The van der Waals surface area contributed by atoms with Gasteiger partial charge in [0.15, 0.2) is 0 Å². The van der Waals surface area contributed by atoms with E-state index in [4.69, 9.17) is 15.1 Å². The lowest BCUT2D eigenvalue weighted by atomic mass is 10.0. The Balaban J connectivity index is 3.31. The van der Waals surface area contributed by atoms with E-state index in [1.165, 1.54) is 0 Å². The minimum absolute atomic E-state index is 0.112. The van der Waals surface area contributed by atoms with Crippen molar-refractivity contribution in [1.82, 2.24) is 0 Å². The first-order chi connectivity index (χ1) is 6.22. The van der Waals surface area contributed by atoms with Crippen LogP contribution >= 0.6 is 0 Å². The Labute approximate surface area is 77.2 Å². The van der Waals surface area contributed by atoms with Gasteiger partial charge in [0.25, 0.3) is 0 Å². The van der Waals surface area contributed by atoms with Crippen molar-refractivity contribution in [3.05, 3.63) is 28.8 Å². The van der Waals surface area contributed by atoms with Crippen molar-refractivity contribution in [2.45, 2.75) is 13.5 Å². The fraction of sp³-hybridized carbons (Fsp3) is 0.300. The summed E-state index contributed by atoms with van der Waals surface area (Å²) >= 11 is 0. The molecule has 0 spiro atoms. The number of nitrogens with zero attached hydrogens (tertiary/aromatic N) is 1. The van der Waals surface area contributed by atoms with Crippen LogP contribution in [0.1, 0.15) is 16.7 Å². The molecule has 0 fully saturated rings. The third-order valence-corrected chi connectivity index (χ3v) is 1.96. The highest BCUT2D eigenvalue weighted by Crippen LogP contribution is 2.21. The summed E-state index contributed by atoms with van der Waals surface area (Å²) in [5, 5.41) is 17.8. The van der Waals surface area contributed by atoms with E-state index in [0.29, 0.717) is 16.9 Å². The summed E-state index contributed by atoms with van der Waals surface area (Å²) in [5.74, 6) is 0.645. The molecule has 1 aromatic carbocycles. The van der Waals surface area contributed by atoms with Gasteiger partial charge in [-0.2, -0.15) is 5.26 Å². The van der Waals surface area contributed by atoms with Crippen LogP contribution in [-0.4, -0.2) is 12.2 Å². The van der Waals surface area contributed by atoms with E-state index >= 15 is 0 Å². The maximum Gasteiger partial charge on any atom is 0.120 e. The Morgan fingerprint density at radius 3 is 2.69 bits per heavy atom. The molecule has 0 aromatic heterocycles. The van der Waals surface area contributed by atoms with Crippen LogP contribution in [0.5, 0.6) is 5.75 Å². The summed E-state index contributed by atoms with van der Waals surface area (Å²) in [5.41, 5.74) is 2.01. The summed E-state index contributed by atoms with van der Waals surface area (Å²) in [7, 11) is 1.55. The number of aliphatic hydroxyl groups is 1. The molecule has 0 atom stereocenters. The fourth-order valence-corrected chi connectivity index (χ4v) is 1.21. The van der Waals surface area contributed by atoms with E-state index in [1.807, 2.05) is 13.0 Å². The second-order valence-electron chi connectivity index (χ2n) is 2.74. The molecule has 0 saturated heterocycles. The molecule has 3 heteroatoms. The van der Waals surface area contributed by atoms with Gasteiger partial charge in [0.05, 0.1) is 25.3 Å². The molecule has 0 amide bonds. The van der Waals surface area contributed by atoms with Gasteiger partial charge in [0.1, 0.15) is 5.75 Å². The normalized spacial score (nSPS) is 9.38. The predicted octanol–water partition coefficient (Wildman–Crippen LogP) is 1.37. The van der Waals surface area contributed by atoms with Crippen molar-refractivity contribution in [3.8, 4) is 11.8 Å². The Morgan fingerprint density at radius 2 is 2.23 bits per heavy atom.